The van der Waals surface area contributed by atoms with Gasteiger partial charge in [-0.1, -0.05) is 18.9 Å². The molecule has 5 fully saturated rings. The number of nitrogens with one attached hydrogen (secondary N) is 3. The summed E-state index contributed by atoms with van der Waals surface area (Å²) in [6, 6.07) is 3.54. The van der Waals surface area contributed by atoms with Gasteiger partial charge in [-0.25, -0.2) is 18.2 Å². The number of pyridine rings is 1. The Morgan fingerprint density at radius 2 is 1.79 bits per heavy atom. The lowest BCUT2D eigenvalue weighted by Crippen LogP contribution is -2.59. The predicted octanol–water partition coefficient (Wildman–Crippen LogP) is 4.45. The molecule has 0 radical (unpaired) electrons. The topological polar surface area (TPSA) is 192 Å². The van der Waals surface area contributed by atoms with Crippen LogP contribution < -0.4 is 29.6 Å². The fraction of sp³-hybridized carbons (Fsp3) is 0.643. The van der Waals surface area contributed by atoms with Gasteiger partial charge in [-0.05, 0) is 101 Å². The molecule has 4 amide bonds. The third-order valence-corrected chi connectivity index (χ3v) is 14.9. The molecule has 2 aliphatic heterocycles. The van der Waals surface area contributed by atoms with Crippen LogP contribution in [0.15, 0.2) is 30.9 Å². The summed E-state index contributed by atoms with van der Waals surface area (Å²) in [5.41, 5.74) is 0.0190. The van der Waals surface area contributed by atoms with Gasteiger partial charge in [0.15, 0.2) is 0 Å². The highest BCUT2D eigenvalue weighted by Gasteiger charge is 2.62. The number of carbonyl (C=O) groups excluding carboxylic acids is 4. The van der Waals surface area contributed by atoms with Crippen molar-refractivity contribution in [3.63, 3.8) is 0 Å². The lowest BCUT2D eigenvalue weighted by atomic mass is 9.95. The smallest absolute Gasteiger partial charge is 0.408 e. The average molecular weight is 822 g/mol. The molecule has 16 heteroatoms. The van der Waals surface area contributed by atoms with E-state index in [0.29, 0.717) is 48.8 Å². The van der Waals surface area contributed by atoms with Crippen molar-refractivity contribution >= 4 is 44.7 Å². The molecule has 4 aliphatic carbocycles. The van der Waals surface area contributed by atoms with E-state index in [0.717, 1.165) is 68.7 Å². The quantitative estimate of drug-likeness (QED) is 0.287. The predicted molar refractivity (Wildman–Crippen MR) is 213 cm³/mol. The van der Waals surface area contributed by atoms with Crippen LogP contribution in [0, 0.1) is 17.8 Å². The van der Waals surface area contributed by atoms with Crippen LogP contribution in [0.2, 0.25) is 0 Å². The molecule has 1 saturated heterocycles. The van der Waals surface area contributed by atoms with E-state index >= 15 is 0 Å². The number of ether oxygens (including phenoxy) is 4. The van der Waals surface area contributed by atoms with Gasteiger partial charge < -0.3 is 34.5 Å². The molecular formula is C42H55N5O10S. The van der Waals surface area contributed by atoms with Crippen LogP contribution in [0.1, 0.15) is 96.0 Å². The van der Waals surface area contributed by atoms with Gasteiger partial charge in [0.1, 0.15) is 41.3 Å². The fourth-order valence-corrected chi connectivity index (χ4v) is 11.1. The molecule has 6 aliphatic rings. The summed E-state index contributed by atoms with van der Waals surface area (Å²) in [5, 5.41) is 5.90. The highest BCUT2D eigenvalue weighted by molar-refractivity contribution is 7.91. The Morgan fingerprint density at radius 1 is 1.03 bits per heavy atom. The van der Waals surface area contributed by atoms with Crippen LogP contribution in [-0.4, -0.2) is 97.5 Å². The van der Waals surface area contributed by atoms with E-state index < -0.39 is 68.7 Å². The number of hydrogen-bond acceptors (Lipinski definition) is 11. The fourth-order valence-electron chi connectivity index (χ4n) is 9.71. The first-order valence-corrected chi connectivity index (χ1v) is 22.6. The van der Waals surface area contributed by atoms with Crippen molar-refractivity contribution in [2.24, 2.45) is 17.8 Å². The Morgan fingerprint density at radius 3 is 2.50 bits per heavy atom. The van der Waals surface area contributed by atoms with Crippen molar-refractivity contribution in [1.82, 2.24) is 25.2 Å². The van der Waals surface area contributed by atoms with E-state index in [4.69, 9.17) is 23.9 Å². The Balaban J connectivity index is 1.16. The lowest BCUT2D eigenvalue weighted by molar-refractivity contribution is -0.142. The second-order valence-corrected chi connectivity index (χ2v) is 18.9. The average Bonchev–Trinajstić information content (AvgIpc) is 3.99. The zero-order chi connectivity index (χ0) is 40.8. The zero-order valence-electron chi connectivity index (χ0n) is 33.3. The lowest BCUT2D eigenvalue weighted by Gasteiger charge is -2.32. The number of alkyl carbamates (subject to hydrolysis) is 1. The molecule has 7 atom stereocenters. The molecule has 15 nitrogen and oxygen atoms in total. The summed E-state index contributed by atoms with van der Waals surface area (Å²) in [6.45, 7) is 6.04. The summed E-state index contributed by atoms with van der Waals surface area (Å²) in [6.07, 6.45) is 9.30. The largest absolute Gasteiger partial charge is 0.496 e. The molecule has 4 saturated carbocycles. The number of rotatable bonds is 10. The number of aryl methyl sites for hydroxylation is 1. The standard InChI is InChI=1S/C42H55N5O10S/c1-4-27-22-42(27,40(50)46-58(52,53)29-16-17-29)45-38(48)32-19-28-23-47(32)39(49)37(25-10-6-7-11-25)44-41(51)57-33-15-9-13-24(33)12-8-14-26-18-30-31(20-34(26)54-3)43-36(55-5-2)21-35(30)56-28/h4,18,20-21,24-25,27-29,32-33,37H,1,5-17,19,22-23H2,2-3H3,(H,44,51)(H,45,48)(H,46,50)/t24-,27+,28-,32+,33-,37+,42-/m1/s1. The van der Waals surface area contributed by atoms with Crippen LogP contribution in [0.4, 0.5) is 4.79 Å². The molecule has 0 spiro atoms. The molecule has 314 valence electrons. The van der Waals surface area contributed by atoms with Gasteiger partial charge in [0.05, 0.1) is 31.0 Å². The van der Waals surface area contributed by atoms with Crippen molar-refractivity contribution in [1.29, 1.82) is 0 Å². The molecular weight excluding hydrogens is 767 g/mol. The maximum atomic E-state index is 14.9. The molecule has 8 rings (SSSR count). The number of benzene rings is 1. The number of sulfonamides is 1. The monoisotopic (exact) mass is 821 g/mol. The number of fused-ring (bicyclic) bond motifs is 4. The molecule has 4 bridgehead atoms. The first kappa shape index (κ1) is 40.2. The molecule has 1 aromatic heterocycles. The van der Waals surface area contributed by atoms with Crippen molar-refractivity contribution in [2.75, 3.05) is 20.3 Å². The number of amides is 4. The van der Waals surface area contributed by atoms with E-state index in [1.807, 2.05) is 19.1 Å². The number of hydrogen-bond donors (Lipinski definition) is 3. The summed E-state index contributed by atoms with van der Waals surface area (Å²) in [5.74, 6) is -0.908. The maximum Gasteiger partial charge on any atom is 0.408 e. The van der Waals surface area contributed by atoms with Gasteiger partial charge in [0.2, 0.25) is 27.7 Å². The van der Waals surface area contributed by atoms with Gasteiger partial charge in [-0.15, -0.1) is 6.58 Å². The summed E-state index contributed by atoms with van der Waals surface area (Å²) >= 11 is 0. The van der Waals surface area contributed by atoms with Crippen molar-refractivity contribution < 1.29 is 46.5 Å². The zero-order valence-corrected chi connectivity index (χ0v) is 34.2. The van der Waals surface area contributed by atoms with Gasteiger partial charge in [-0.3, -0.25) is 19.1 Å². The van der Waals surface area contributed by atoms with E-state index in [1.165, 1.54) is 11.0 Å². The van der Waals surface area contributed by atoms with Gasteiger partial charge in [0, 0.05) is 29.9 Å². The maximum absolute atomic E-state index is 14.9. The summed E-state index contributed by atoms with van der Waals surface area (Å²) in [7, 11) is -2.28. The van der Waals surface area contributed by atoms with E-state index in [9.17, 15) is 27.6 Å². The minimum atomic E-state index is -3.90. The second-order valence-electron chi connectivity index (χ2n) is 16.9. The number of carbonyl (C=O) groups is 4. The Labute approximate surface area is 339 Å². The van der Waals surface area contributed by atoms with Gasteiger partial charge in [0.25, 0.3) is 5.91 Å². The molecule has 3 N–H and O–H groups in total. The number of aromatic nitrogens is 1. The van der Waals surface area contributed by atoms with Crippen LogP contribution in [0.3, 0.4) is 0 Å². The third-order valence-electron chi connectivity index (χ3n) is 13.1. The van der Waals surface area contributed by atoms with E-state index in [-0.39, 0.29) is 37.3 Å². The normalized spacial score (nSPS) is 30.3. The Bertz CT molecular complexity index is 2070. The van der Waals surface area contributed by atoms with E-state index in [2.05, 4.69) is 21.9 Å². The summed E-state index contributed by atoms with van der Waals surface area (Å²) < 4.78 is 52.4. The van der Waals surface area contributed by atoms with Crippen LogP contribution in [0.5, 0.6) is 17.4 Å². The minimum absolute atomic E-state index is 0.00148. The molecule has 58 heavy (non-hydrogen) atoms. The highest BCUT2D eigenvalue weighted by atomic mass is 32.2. The van der Waals surface area contributed by atoms with Crippen molar-refractivity contribution in [2.45, 2.75) is 132 Å². The first-order valence-electron chi connectivity index (χ1n) is 21.0. The second kappa shape index (κ2) is 16.2. The SMILES string of the molecule is C=C[C@H]1C[C@]1(NC(=O)[C@@H]1C[C@@H]2CN1C(=O)[C@H](C1CCCC1)NC(=O)O[C@@H]1CCC[C@H]1CCCc1cc3c(cc(OCC)nc3cc1OC)O2)C(=O)NS(=O)(=O)C1CC1. The first-order chi connectivity index (χ1) is 27.9. The Hall–Kier alpha value is -4.60. The van der Waals surface area contributed by atoms with Crippen LogP contribution in [-0.2, 0) is 35.6 Å². The van der Waals surface area contributed by atoms with Crippen LogP contribution in [0.25, 0.3) is 10.9 Å². The highest BCUT2D eigenvalue weighted by Crippen LogP contribution is 2.46. The van der Waals surface area contributed by atoms with E-state index in [1.54, 1.807) is 13.2 Å². The van der Waals surface area contributed by atoms with Gasteiger partial charge in [-0.2, -0.15) is 0 Å². The number of methoxy groups -OCH3 is 1. The van der Waals surface area contributed by atoms with Crippen LogP contribution >= 0.6 is 0 Å². The van der Waals surface area contributed by atoms with Crippen molar-refractivity contribution in [3.05, 3.63) is 36.4 Å². The molecule has 2 aromatic rings. The number of nitrogens with zero attached hydrogens (tertiary/aromatic N) is 2. The summed E-state index contributed by atoms with van der Waals surface area (Å²) in [4.78, 5) is 63.0. The third kappa shape index (κ3) is 8.04. The minimum Gasteiger partial charge on any atom is -0.496 e. The van der Waals surface area contributed by atoms with Gasteiger partial charge >= 0.3 is 6.09 Å². The Kier molecular flexibility index (Phi) is 11.2. The molecule has 0 unspecified atom stereocenters. The van der Waals surface area contributed by atoms with Crippen molar-refractivity contribution in [3.8, 4) is 17.4 Å². The molecule has 1 aromatic carbocycles. The molecule has 3 heterocycles.